The van der Waals surface area contributed by atoms with Crippen LogP contribution in [0, 0.1) is 11.3 Å². The SMILES string of the molecule is CN(C)C(=O)COC[C@]12COC[C@H]1CN(Cc1ccncc1)C2. The van der Waals surface area contributed by atoms with Gasteiger partial charge in [0, 0.05) is 57.5 Å². The topological polar surface area (TPSA) is 54.9 Å². The molecule has 0 N–H and O–H groups in total. The van der Waals surface area contributed by atoms with Crippen molar-refractivity contribution in [2.24, 2.45) is 11.3 Å². The van der Waals surface area contributed by atoms with Crippen LogP contribution in [-0.4, -0.2) is 74.3 Å². The lowest BCUT2D eigenvalue weighted by molar-refractivity contribution is -0.135. The van der Waals surface area contributed by atoms with E-state index in [1.165, 1.54) is 5.56 Å². The maximum absolute atomic E-state index is 11.7. The number of rotatable bonds is 6. The summed E-state index contributed by atoms with van der Waals surface area (Å²) in [6.45, 7) is 5.15. The summed E-state index contributed by atoms with van der Waals surface area (Å²) in [5, 5.41) is 0. The average molecular weight is 319 g/mol. The number of hydrogen-bond acceptors (Lipinski definition) is 5. The van der Waals surface area contributed by atoms with E-state index in [4.69, 9.17) is 9.47 Å². The Kier molecular flexibility index (Phi) is 4.94. The molecule has 0 unspecified atom stereocenters. The molecule has 2 atom stereocenters. The van der Waals surface area contributed by atoms with Crippen LogP contribution in [0.3, 0.4) is 0 Å². The van der Waals surface area contributed by atoms with E-state index in [9.17, 15) is 4.79 Å². The summed E-state index contributed by atoms with van der Waals surface area (Å²) in [6.07, 6.45) is 3.67. The number of aromatic nitrogens is 1. The first-order valence-corrected chi connectivity index (χ1v) is 8.06. The zero-order chi connectivity index (χ0) is 16.3. The van der Waals surface area contributed by atoms with Crippen LogP contribution in [0.4, 0.5) is 0 Å². The summed E-state index contributed by atoms with van der Waals surface area (Å²) in [6, 6.07) is 4.12. The molecule has 0 spiro atoms. The van der Waals surface area contributed by atoms with Crippen molar-refractivity contribution in [3.05, 3.63) is 30.1 Å². The predicted molar refractivity (Wildman–Crippen MR) is 85.8 cm³/mol. The van der Waals surface area contributed by atoms with Crippen molar-refractivity contribution in [1.29, 1.82) is 0 Å². The van der Waals surface area contributed by atoms with Gasteiger partial charge in [0.25, 0.3) is 0 Å². The van der Waals surface area contributed by atoms with Gasteiger partial charge in [0.15, 0.2) is 0 Å². The van der Waals surface area contributed by atoms with E-state index in [0.29, 0.717) is 12.5 Å². The van der Waals surface area contributed by atoms with Crippen LogP contribution in [0.25, 0.3) is 0 Å². The fourth-order valence-corrected chi connectivity index (χ4v) is 3.48. The Hall–Kier alpha value is -1.50. The van der Waals surface area contributed by atoms with E-state index in [0.717, 1.165) is 32.8 Å². The number of nitrogens with zero attached hydrogens (tertiary/aromatic N) is 3. The molecular formula is C17H25N3O3. The van der Waals surface area contributed by atoms with Crippen LogP contribution < -0.4 is 0 Å². The molecule has 3 heterocycles. The maximum Gasteiger partial charge on any atom is 0.248 e. The second-order valence-corrected chi connectivity index (χ2v) is 6.88. The molecule has 0 bridgehead atoms. The minimum atomic E-state index is 0.00324. The Labute approximate surface area is 137 Å². The first-order valence-electron chi connectivity index (χ1n) is 8.06. The van der Waals surface area contributed by atoms with Crippen molar-refractivity contribution in [2.75, 3.05) is 53.6 Å². The minimum absolute atomic E-state index is 0.00324. The molecule has 1 aromatic heterocycles. The van der Waals surface area contributed by atoms with Gasteiger partial charge >= 0.3 is 0 Å². The van der Waals surface area contributed by atoms with Crippen molar-refractivity contribution in [3.63, 3.8) is 0 Å². The van der Waals surface area contributed by atoms with Crippen molar-refractivity contribution in [2.45, 2.75) is 6.54 Å². The standard InChI is InChI=1S/C17H25N3O3/c1-19(2)16(21)10-23-13-17-11-20(8-15(17)9-22-12-17)7-14-3-5-18-6-4-14/h3-6,15H,7-13H2,1-2H3/t15-,17+/m1/s1. The Morgan fingerprint density at radius 2 is 2.26 bits per heavy atom. The fourth-order valence-electron chi connectivity index (χ4n) is 3.48. The van der Waals surface area contributed by atoms with Gasteiger partial charge in [-0.25, -0.2) is 0 Å². The molecule has 1 aromatic rings. The number of likely N-dealkylation sites (N-methyl/N-ethyl adjacent to an activating group) is 1. The smallest absolute Gasteiger partial charge is 0.248 e. The number of carbonyl (C=O) groups excluding carboxylic acids is 1. The zero-order valence-electron chi connectivity index (χ0n) is 13.9. The van der Waals surface area contributed by atoms with E-state index in [-0.39, 0.29) is 17.9 Å². The molecule has 0 radical (unpaired) electrons. The largest absolute Gasteiger partial charge is 0.380 e. The lowest BCUT2D eigenvalue weighted by Crippen LogP contribution is -2.37. The molecule has 3 rings (SSSR count). The Bertz CT molecular complexity index is 537. The molecule has 2 fully saturated rings. The first-order chi connectivity index (χ1) is 11.1. The number of likely N-dealkylation sites (tertiary alicyclic amines) is 1. The summed E-state index contributed by atoms with van der Waals surface area (Å²) in [5.41, 5.74) is 1.30. The van der Waals surface area contributed by atoms with Crippen LogP contribution in [0.15, 0.2) is 24.5 Å². The third-order valence-electron chi connectivity index (χ3n) is 4.86. The fraction of sp³-hybridized carbons (Fsp3) is 0.647. The second-order valence-electron chi connectivity index (χ2n) is 6.88. The lowest BCUT2D eigenvalue weighted by atomic mass is 9.82. The molecule has 126 valence electrons. The van der Waals surface area contributed by atoms with Gasteiger partial charge < -0.3 is 14.4 Å². The maximum atomic E-state index is 11.7. The van der Waals surface area contributed by atoms with Crippen molar-refractivity contribution in [1.82, 2.24) is 14.8 Å². The van der Waals surface area contributed by atoms with E-state index >= 15 is 0 Å². The van der Waals surface area contributed by atoms with Gasteiger partial charge in [-0.05, 0) is 17.7 Å². The van der Waals surface area contributed by atoms with Crippen molar-refractivity contribution < 1.29 is 14.3 Å². The summed E-state index contributed by atoms with van der Waals surface area (Å²) in [7, 11) is 3.50. The normalized spacial score (nSPS) is 27.1. The molecule has 0 saturated carbocycles. The van der Waals surface area contributed by atoms with Gasteiger partial charge in [-0.15, -0.1) is 0 Å². The molecule has 2 saturated heterocycles. The predicted octanol–water partition coefficient (Wildman–Crippen LogP) is 0.635. The van der Waals surface area contributed by atoms with Crippen molar-refractivity contribution >= 4 is 5.91 Å². The third-order valence-corrected chi connectivity index (χ3v) is 4.86. The highest BCUT2D eigenvalue weighted by Gasteiger charge is 2.50. The zero-order valence-corrected chi connectivity index (χ0v) is 13.9. The van der Waals surface area contributed by atoms with E-state index in [1.54, 1.807) is 19.0 Å². The minimum Gasteiger partial charge on any atom is -0.380 e. The molecule has 6 nitrogen and oxygen atoms in total. The highest BCUT2D eigenvalue weighted by molar-refractivity contribution is 5.76. The molecular weight excluding hydrogens is 294 g/mol. The van der Waals surface area contributed by atoms with Gasteiger partial charge in [-0.2, -0.15) is 0 Å². The molecule has 0 aromatic carbocycles. The lowest BCUT2D eigenvalue weighted by Gasteiger charge is -2.27. The highest BCUT2D eigenvalue weighted by atomic mass is 16.5. The number of hydrogen-bond donors (Lipinski definition) is 0. The van der Waals surface area contributed by atoms with Crippen LogP contribution in [0.2, 0.25) is 0 Å². The van der Waals surface area contributed by atoms with Gasteiger partial charge in [0.05, 0.1) is 19.8 Å². The number of fused-ring (bicyclic) bond motifs is 1. The third kappa shape index (κ3) is 3.71. The van der Waals surface area contributed by atoms with E-state index < -0.39 is 0 Å². The van der Waals surface area contributed by atoms with Crippen LogP contribution in [0.5, 0.6) is 0 Å². The Balaban J connectivity index is 1.56. The number of ether oxygens (including phenoxy) is 2. The van der Waals surface area contributed by atoms with E-state index in [1.807, 2.05) is 12.4 Å². The van der Waals surface area contributed by atoms with Crippen LogP contribution in [0.1, 0.15) is 5.56 Å². The number of carbonyl (C=O) groups is 1. The summed E-state index contributed by atoms with van der Waals surface area (Å²) in [5.74, 6) is 0.488. The van der Waals surface area contributed by atoms with Crippen LogP contribution in [-0.2, 0) is 20.8 Å². The Morgan fingerprint density at radius 3 is 3.00 bits per heavy atom. The van der Waals surface area contributed by atoms with Gasteiger partial charge in [-0.3, -0.25) is 14.7 Å². The summed E-state index contributed by atoms with van der Waals surface area (Å²) >= 11 is 0. The first kappa shape index (κ1) is 16.4. The Morgan fingerprint density at radius 1 is 1.48 bits per heavy atom. The molecule has 2 aliphatic rings. The van der Waals surface area contributed by atoms with Gasteiger partial charge in [-0.1, -0.05) is 0 Å². The van der Waals surface area contributed by atoms with Crippen LogP contribution >= 0.6 is 0 Å². The molecule has 2 aliphatic heterocycles. The number of pyridine rings is 1. The molecule has 1 amide bonds. The number of amides is 1. The van der Waals surface area contributed by atoms with E-state index in [2.05, 4.69) is 22.0 Å². The van der Waals surface area contributed by atoms with Crippen molar-refractivity contribution in [3.8, 4) is 0 Å². The monoisotopic (exact) mass is 319 g/mol. The van der Waals surface area contributed by atoms with Gasteiger partial charge in [0.2, 0.25) is 5.91 Å². The quantitative estimate of drug-likeness (QED) is 0.770. The molecule has 6 heteroatoms. The molecule has 0 aliphatic carbocycles. The highest BCUT2D eigenvalue weighted by Crippen LogP contribution is 2.41. The second kappa shape index (κ2) is 6.95. The summed E-state index contributed by atoms with van der Waals surface area (Å²) < 4.78 is 11.4. The average Bonchev–Trinajstić information content (AvgIpc) is 3.04. The summed E-state index contributed by atoms with van der Waals surface area (Å²) in [4.78, 5) is 19.8. The van der Waals surface area contributed by atoms with Gasteiger partial charge in [0.1, 0.15) is 6.61 Å². The molecule has 23 heavy (non-hydrogen) atoms.